The number of aromatic nitrogens is 2. The standard InChI is InChI=1S/C19H24BN3O3/c1-18(2)19(3,4)26-20(25-18)15-9-13(11-21)10-16-14(15)12-22-23(16)17-7-5-6-8-24-17/h9-10,12,17H,5-8H2,1-4H3. The molecule has 0 saturated carbocycles. The Kier molecular flexibility index (Phi) is 4.10. The molecule has 136 valence electrons. The van der Waals surface area contributed by atoms with Gasteiger partial charge in [0.2, 0.25) is 0 Å². The maximum absolute atomic E-state index is 9.52. The Bertz CT molecular complexity index is 862. The number of benzene rings is 1. The highest BCUT2D eigenvalue weighted by Gasteiger charge is 2.52. The highest BCUT2D eigenvalue weighted by Crippen LogP contribution is 2.37. The van der Waals surface area contributed by atoms with E-state index in [9.17, 15) is 5.26 Å². The van der Waals surface area contributed by atoms with Gasteiger partial charge in [-0.1, -0.05) is 0 Å². The van der Waals surface area contributed by atoms with Gasteiger partial charge >= 0.3 is 7.12 Å². The topological polar surface area (TPSA) is 69.3 Å². The van der Waals surface area contributed by atoms with E-state index in [1.807, 2.05) is 50.7 Å². The number of hydrogen-bond acceptors (Lipinski definition) is 5. The molecule has 1 aromatic carbocycles. The quantitative estimate of drug-likeness (QED) is 0.777. The van der Waals surface area contributed by atoms with Crippen molar-refractivity contribution in [3.8, 4) is 6.07 Å². The van der Waals surface area contributed by atoms with Crippen LogP contribution in [0.4, 0.5) is 0 Å². The summed E-state index contributed by atoms with van der Waals surface area (Å²) in [4.78, 5) is 0. The van der Waals surface area contributed by atoms with Crippen LogP contribution in [0.5, 0.6) is 0 Å². The van der Waals surface area contributed by atoms with Crippen LogP contribution in [0.25, 0.3) is 10.9 Å². The zero-order chi connectivity index (χ0) is 18.5. The van der Waals surface area contributed by atoms with Gasteiger partial charge in [-0.05, 0) is 64.6 Å². The molecule has 4 rings (SSSR count). The summed E-state index contributed by atoms with van der Waals surface area (Å²) in [5, 5.41) is 15.0. The van der Waals surface area contributed by atoms with Gasteiger partial charge < -0.3 is 14.0 Å². The summed E-state index contributed by atoms with van der Waals surface area (Å²) >= 11 is 0. The summed E-state index contributed by atoms with van der Waals surface area (Å²) in [6.45, 7) is 8.85. The van der Waals surface area contributed by atoms with E-state index in [2.05, 4.69) is 11.2 Å². The van der Waals surface area contributed by atoms with Crippen LogP contribution in [0.3, 0.4) is 0 Å². The monoisotopic (exact) mass is 353 g/mol. The molecule has 0 radical (unpaired) electrons. The van der Waals surface area contributed by atoms with Crippen LogP contribution in [-0.2, 0) is 14.0 Å². The zero-order valence-electron chi connectivity index (χ0n) is 15.8. The van der Waals surface area contributed by atoms with E-state index in [0.717, 1.165) is 42.2 Å². The molecular formula is C19H24BN3O3. The molecule has 0 N–H and O–H groups in total. The van der Waals surface area contributed by atoms with Crippen LogP contribution in [0, 0.1) is 11.3 Å². The Morgan fingerprint density at radius 1 is 1.19 bits per heavy atom. The maximum atomic E-state index is 9.52. The molecule has 0 amide bonds. The van der Waals surface area contributed by atoms with Crippen LogP contribution < -0.4 is 5.46 Å². The third-order valence-corrected chi connectivity index (χ3v) is 5.81. The first-order chi connectivity index (χ1) is 12.3. The first kappa shape index (κ1) is 17.5. The second kappa shape index (κ2) is 6.09. The second-order valence-electron chi connectivity index (χ2n) is 8.11. The van der Waals surface area contributed by atoms with Gasteiger partial charge in [-0.15, -0.1) is 0 Å². The number of fused-ring (bicyclic) bond motifs is 1. The summed E-state index contributed by atoms with van der Waals surface area (Å²) in [6.07, 6.45) is 4.88. The molecular weight excluding hydrogens is 329 g/mol. The number of nitrogens with zero attached hydrogens (tertiary/aromatic N) is 3. The molecule has 1 unspecified atom stereocenters. The van der Waals surface area contributed by atoms with Gasteiger partial charge in [-0.3, -0.25) is 0 Å². The largest absolute Gasteiger partial charge is 0.495 e. The molecule has 1 atom stereocenters. The fraction of sp³-hybridized carbons (Fsp3) is 0.579. The normalized spacial score (nSPS) is 24.7. The van der Waals surface area contributed by atoms with Gasteiger partial charge in [0.15, 0.2) is 6.23 Å². The number of rotatable bonds is 2. The van der Waals surface area contributed by atoms with E-state index in [1.165, 1.54) is 0 Å². The molecule has 0 bridgehead atoms. The van der Waals surface area contributed by atoms with E-state index in [1.54, 1.807) is 0 Å². The molecule has 6 nitrogen and oxygen atoms in total. The van der Waals surface area contributed by atoms with Gasteiger partial charge in [-0.25, -0.2) is 4.68 Å². The fourth-order valence-corrected chi connectivity index (χ4v) is 3.55. The van der Waals surface area contributed by atoms with Crippen molar-refractivity contribution in [1.29, 1.82) is 5.26 Å². The minimum Gasteiger partial charge on any atom is -0.399 e. The molecule has 0 aliphatic carbocycles. The smallest absolute Gasteiger partial charge is 0.399 e. The molecule has 3 heterocycles. The van der Waals surface area contributed by atoms with Gasteiger partial charge in [-0.2, -0.15) is 10.4 Å². The van der Waals surface area contributed by atoms with E-state index >= 15 is 0 Å². The van der Waals surface area contributed by atoms with Crippen LogP contribution in [0.2, 0.25) is 0 Å². The lowest BCUT2D eigenvalue weighted by Gasteiger charge is -2.32. The Morgan fingerprint density at radius 2 is 1.92 bits per heavy atom. The van der Waals surface area contributed by atoms with Crippen LogP contribution in [0.1, 0.15) is 58.7 Å². The lowest BCUT2D eigenvalue weighted by Crippen LogP contribution is -2.41. The first-order valence-electron chi connectivity index (χ1n) is 9.21. The van der Waals surface area contributed by atoms with E-state index in [0.29, 0.717) is 5.56 Å². The van der Waals surface area contributed by atoms with Crippen LogP contribution >= 0.6 is 0 Å². The lowest BCUT2D eigenvalue weighted by atomic mass is 9.76. The number of ether oxygens (including phenoxy) is 1. The number of nitriles is 1. The van der Waals surface area contributed by atoms with Crippen molar-refractivity contribution in [2.24, 2.45) is 0 Å². The lowest BCUT2D eigenvalue weighted by molar-refractivity contribution is -0.0366. The summed E-state index contributed by atoms with van der Waals surface area (Å²) in [5.74, 6) is 0. The van der Waals surface area contributed by atoms with E-state index < -0.39 is 18.3 Å². The second-order valence-corrected chi connectivity index (χ2v) is 8.11. The first-order valence-corrected chi connectivity index (χ1v) is 9.21. The van der Waals surface area contributed by atoms with E-state index in [4.69, 9.17) is 14.0 Å². The Morgan fingerprint density at radius 3 is 2.54 bits per heavy atom. The predicted molar refractivity (Wildman–Crippen MR) is 99.0 cm³/mol. The number of hydrogen-bond donors (Lipinski definition) is 0. The van der Waals surface area contributed by atoms with Crippen molar-refractivity contribution in [1.82, 2.24) is 9.78 Å². The minimum atomic E-state index is -0.527. The summed E-state index contributed by atoms with van der Waals surface area (Å²) in [5.41, 5.74) is 1.43. The van der Waals surface area contributed by atoms with Gasteiger partial charge in [0.05, 0.1) is 34.5 Å². The molecule has 2 aromatic rings. The molecule has 2 fully saturated rings. The van der Waals surface area contributed by atoms with Crippen molar-refractivity contribution in [3.63, 3.8) is 0 Å². The van der Waals surface area contributed by atoms with Crippen LogP contribution in [0.15, 0.2) is 18.3 Å². The summed E-state index contributed by atoms with van der Waals surface area (Å²) in [7, 11) is -0.527. The zero-order valence-corrected chi connectivity index (χ0v) is 15.8. The highest BCUT2D eigenvalue weighted by atomic mass is 16.7. The average Bonchev–Trinajstić information content (AvgIpc) is 3.12. The third kappa shape index (κ3) is 2.73. The van der Waals surface area contributed by atoms with Gasteiger partial charge in [0.25, 0.3) is 0 Å². The van der Waals surface area contributed by atoms with Crippen molar-refractivity contribution >= 4 is 23.5 Å². The van der Waals surface area contributed by atoms with Crippen molar-refractivity contribution in [2.45, 2.75) is 64.4 Å². The predicted octanol–water partition coefficient (Wildman–Crippen LogP) is 2.91. The highest BCUT2D eigenvalue weighted by molar-refractivity contribution is 6.65. The van der Waals surface area contributed by atoms with Crippen molar-refractivity contribution in [2.75, 3.05) is 6.61 Å². The molecule has 2 aliphatic rings. The minimum absolute atomic E-state index is 0.0821. The Balaban J connectivity index is 1.81. The summed E-state index contributed by atoms with van der Waals surface area (Å²) < 4.78 is 20.2. The van der Waals surface area contributed by atoms with Crippen LogP contribution in [-0.4, -0.2) is 34.7 Å². The summed E-state index contributed by atoms with van der Waals surface area (Å²) in [6, 6.07) is 5.97. The molecule has 2 saturated heterocycles. The SMILES string of the molecule is CC1(C)OB(c2cc(C#N)cc3c2cnn3C2CCCCO2)OC1(C)C. The third-order valence-electron chi connectivity index (χ3n) is 5.81. The Hall–Kier alpha value is -1.88. The molecule has 1 aromatic heterocycles. The van der Waals surface area contributed by atoms with Gasteiger partial charge in [0.1, 0.15) is 0 Å². The van der Waals surface area contributed by atoms with Crippen molar-refractivity contribution in [3.05, 3.63) is 23.9 Å². The molecule has 7 heteroatoms. The maximum Gasteiger partial charge on any atom is 0.495 e. The van der Waals surface area contributed by atoms with Crippen molar-refractivity contribution < 1.29 is 14.0 Å². The van der Waals surface area contributed by atoms with E-state index in [-0.39, 0.29) is 6.23 Å². The molecule has 26 heavy (non-hydrogen) atoms. The molecule has 2 aliphatic heterocycles. The van der Waals surface area contributed by atoms with Gasteiger partial charge in [0, 0.05) is 12.0 Å². The average molecular weight is 353 g/mol. The Labute approximate surface area is 154 Å². The fourth-order valence-electron chi connectivity index (χ4n) is 3.55. The molecule has 0 spiro atoms.